The first-order chi connectivity index (χ1) is 27.4. The molecule has 2 atom stereocenters. The van der Waals surface area contributed by atoms with Crippen molar-refractivity contribution in [2.45, 2.75) is 57.0 Å². The number of benzene rings is 4. The lowest BCUT2D eigenvalue weighted by atomic mass is 9.86. The summed E-state index contributed by atoms with van der Waals surface area (Å²) in [6.45, 7) is 1.98. The topological polar surface area (TPSA) is 82.8 Å². The van der Waals surface area contributed by atoms with Gasteiger partial charge in [-0.05, 0) is 96.5 Å². The molecule has 56 heavy (non-hydrogen) atoms. The fourth-order valence-corrected chi connectivity index (χ4v) is 12.1. The van der Waals surface area contributed by atoms with Gasteiger partial charge in [0.05, 0.1) is 10.4 Å². The van der Waals surface area contributed by atoms with Crippen molar-refractivity contribution in [2.24, 2.45) is 0 Å². The van der Waals surface area contributed by atoms with E-state index in [1.807, 2.05) is 19.1 Å². The second-order valence-electron chi connectivity index (χ2n) is 14.7. The van der Waals surface area contributed by atoms with E-state index in [-0.39, 0.29) is 17.4 Å². The molecule has 6 aromatic rings. The molecule has 0 bridgehead atoms. The van der Waals surface area contributed by atoms with Crippen LogP contribution in [0.25, 0.3) is 21.4 Å². The predicted octanol–water partition coefficient (Wildman–Crippen LogP) is 8.38. The average molecular weight is 796 g/mol. The van der Waals surface area contributed by atoms with Crippen molar-refractivity contribution in [3.63, 3.8) is 0 Å². The molecule has 2 aromatic heterocycles. The van der Waals surface area contributed by atoms with Gasteiger partial charge in [0.15, 0.2) is 0 Å². The number of carbonyl (C=O) groups excluding carboxylic acids is 1. The number of thiazole rings is 1. The van der Waals surface area contributed by atoms with E-state index >= 15 is 0 Å². The Morgan fingerprint density at radius 3 is 2.29 bits per heavy atom. The van der Waals surface area contributed by atoms with Gasteiger partial charge in [0.1, 0.15) is 16.1 Å². The number of hydrogen-bond acceptors (Lipinski definition) is 7. The van der Waals surface area contributed by atoms with Crippen LogP contribution in [-0.2, 0) is 22.6 Å². The Balaban J connectivity index is 0.995. The van der Waals surface area contributed by atoms with Gasteiger partial charge >= 0.3 is 5.97 Å². The molecular weight excluding hydrogens is 755 g/mol. The minimum Gasteiger partial charge on any atom is -0.480 e. The molecule has 1 N–H and O–H groups in total. The molecule has 10 heteroatoms. The maximum Gasteiger partial charge on any atom is 0.323 e. The van der Waals surface area contributed by atoms with Gasteiger partial charge in [-0.25, -0.2) is 0 Å². The largest absolute Gasteiger partial charge is 0.480 e. The Kier molecular flexibility index (Phi) is 10.0. The third kappa shape index (κ3) is 6.84. The van der Waals surface area contributed by atoms with Gasteiger partial charge < -0.3 is 14.9 Å². The van der Waals surface area contributed by atoms with Crippen molar-refractivity contribution >= 4 is 68.7 Å². The number of carboxylic acids is 1. The Morgan fingerprint density at radius 2 is 1.61 bits per heavy atom. The molecule has 1 amide bonds. The van der Waals surface area contributed by atoms with Crippen LogP contribution in [0.2, 0.25) is 0 Å². The molecule has 1 aliphatic carbocycles. The number of anilines is 2. The van der Waals surface area contributed by atoms with Crippen LogP contribution in [0, 0.1) is 0 Å². The van der Waals surface area contributed by atoms with Crippen LogP contribution in [0.4, 0.5) is 11.4 Å². The molecule has 7 nitrogen and oxygen atoms in total. The van der Waals surface area contributed by atoms with Crippen molar-refractivity contribution < 1.29 is 14.7 Å². The van der Waals surface area contributed by atoms with Gasteiger partial charge in [-0.3, -0.25) is 19.0 Å². The Hall–Kier alpha value is -5.16. The molecule has 9 rings (SSSR count). The molecule has 2 aliphatic heterocycles. The van der Waals surface area contributed by atoms with Crippen molar-refractivity contribution in [3.8, 4) is 10.4 Å². The van der Waals surface area contributed by atoms with Crippen LogP contribution in [0.1, 0.15) is 65.2 Å². The van der Waals surface area contributed by atoms with E-state index in [0.29, 0.717) is 38.5 Å². The first kappa shape index (κ1) is 36.5. The molecule has 4 heterocycles. The zero-order chi connectivity index (χ0) is 38.3. The first-order valence-corrected chi connectivity index (χ1v) is 21.8. The highest BCUT2D eigenvalue weighted by Crippen LogP contribution is 2.53. The molecule has 0 radical (unpaired) electrons. The highest BCUT2D eigenvalue weighted by Gasteiger charge is 2.42. The van der Waals surface area contributed by atoms with Gasteiger partial charge in [-0.2, -0.15) is 0 Å². The molecule has 2 fully saturated rings. The lowest BCUT2D eigenvalue weighted by Crippen LogP contribution is -2.35. The Bertz CT molecular complexity index is 2570. The SMILES string of the molecule is CCN1CS/C(=c2/s/c(=C\c3ccc(-c4ccc5c(c4)C4CCCC4N5c4ccc(CC(c5ccccc5)c5ccccc5)cc4)s3)c(=O)n2CC(=O)O)C1=O. The fraction of sp³-hybridized carbons (Fsp3) is 0.239. The van der Waals surface area contributed by atoms with Crippen LogP contribution in [0.3, 0.4) is 0 Å². The normalized spacial score (nSPS) is 19.0. The van der Waals surface area contributed by atoms with Crippen LogP contribution in [0.5, 0.6) is 0 Å². The van der Waals surface area contributed by atoms with E-state index in [1.54, 1.807) is 16.2 Å². The Morgan fingerprint density at radius 1 is 0.875 bits per heavy atom. The predicted molar refractivity (Wildman–Crippen MR) is 229 cm³/mol. The van der Waals surface area contributed by atoms with Crippen LogP contribution < -0.4 is 19.7 Å². The summed E-state index contributed by atoms with van der Waals surface area (Å²) in [4.78, 5) is 45.0. The lowest BCUT2D eigenvalue weighted by Gasteiger charge is -2.27. The smallest absolute Gasteiger partial charge is 0.323 e. The number of thioether (sulfide) groups is 1. The van der Waals surface area contributed by atoms with Crippen LogP contribution >= 0.6 is 34.4 Å². The number of rotatable bonds is 10. The van der Waals surface area contributed by atoms with Gasteiger partial charge in [0, 0.05) is 45.6 Å². The zero-order valence-electron chi connectivity index (χ0n) is 31.0. The van der Waals surface area contributed by atoms with Crippen LogP contribution in [-0.4, -0.2) is 44.9 Å². The molecule has 2 unspecified atom stereocenters. The third-order valence-corrected chi connectivity index (χ3v) is 14.8. The highest BCUT2D eigenvalue weighted by atomic mass is 32.2. The number of aromatic nitrogens is 1. The highest BCUT2D eigenvalue weighted by molar-refractivity contribution is 8.09. The quantitative estimate of drug-likeness (QED) is 0.150. The molecular formula is C46H41N3O4S3. The van der Waals surface area contributed by atoms with E-state index in [0.717, 1.165) is 21.7 Å². The van der Waals surface area contributed by atoms with E-state index in [2.05, 4.69) is 114 Å². The second kappa shape index (κ2) is 15.4. The molecule has 1 saturated carbocycles. The molecule has 4 aromatic carbocycles. The monoisotopic (exact) mass is 795 g/mol. The number of amides is 1. The summed E-state index contributed by atoms with van der Waals surface area (Å²) in [6.07, 6.45) is 6.32. The zero-order valence-corrected chi connectivity index (χ0v) is 33.4. The minimum absolute atomic E-state index is 0.157. The summed E-state index contributed by atoms with van der Waals surface area (Å²) in [7, 11) is 0. The summed E-state index contributed by atoms with van der Waals surface area (Å²) in [5.41, 5.74) is 8.67. The number of carbonyl (C=O) groups is 2. The lowest BCUT2D eigenvalue weighted by molar-refractivity contribution is -0.137. The van der Waals surface area contributed by atoms with E-state index in [4.69, 9.17) is 0 Å². The van der Waals surface area contributed by atoms with E-state index in [9.17, 15) is 19.5 Å². The fourth-order valence-electron chi connectivity index (χ4n) is 8.65. The van der Waals surface area contributed by atoms with E-state index in [1.165, 1.54) is 80.6 Å². The van der Waals surface area contributed by atoms with Crippen molar-refractivity contribution in [1.29, 1.82) is 0 Å². The van der Waals surface area contributed by atoms with E-state index < -0.39 is 12.5 Å². The third-order valence-electron chi connectivity index (χ3n) is 11.4. The average Bonchev–Trinajstić information content (AvgIpc) is 4.06. The first-order valence-electron chi connectivity index (χ1n) is 19.2. The molecule has 3 aliphatic rings. The summed E-state index contributed by atoms with van der Waals surface area (Å²) in [5, 5.41) is 9.59. The maximum atomic E-state index is 13.5. The number of aliphatic carboxylic acids is 1. The summed E-state index contributed by atoms with van der Waals surface area (Å²) in [6, 6.07) is 42.3. The Labute approximate surface area is 337 Å². The summed E-state index contributed by atoms with van der Waals surface area (Å²) in [5.74, 6) is -0.0167. The van der Waals surface area contributed by atoms with Gasteiger partial charge in [-0.1, -0.05) is 97.0 Å². The second-order valence-corrected chi connectivity index (χ2v) is 17.8. The number of carboxylic acid groups (broad SMARTS) is 1. The maximum absolute atomic E-state index is 13.5. The van der Waals surface area contributed by atoms with Crippen molar-refractivity contribution in [1.82, 2.24) is 9.47 Å². The van der Waals surface area contributed by atoms with Crippen molar-refractivity contribution in [2.75, 3.05) is 17.3 Å². The molecule has 0 spiro atoms. The minimum atomic E-state index is -1.12. The van der Waals surface area contributed by atoms with Gasteiger partial charge in [0.25, 0.3) is 11.5 Å². The van der Waals surface area contributed by atoms with Gasteiger partial charge in [0.2, 0.25) is 0 Å². The summed E-state index contributed by atoms with van der Waals surface area (Å²) >= 11 is 4.17. The standard InChI is InChI=1S/C46H41N3O4S3/c1-2-47-28-54-43(45(47)53)46-48(27-42(50)51)44(52)41(56-46)26-34-21-23-40(55-34)32-18-22-39-37(25-32)35-14-9-15-38(35)49(39)33-19-16-29(17-20-33)24-36(30-10-5-3-6-11-30)31-12-7-4-8-13-31/h3-8,10-13,16-23,25-26,35-36,38H,2,9,14-15,24,27-28H2,1H3,(H,50,51)/b41-26-,46-43+. The number of thiophene rings is 1. The summed E-state index contributed by atoms with van der Waals surface area (Å²) < 4.78 is 2.07. The number of fused-ring (bicyclic) bond motifs is 3. The molecule has 282 valence electrons. The number of hydrogen-bond donors (Lipinski definition) is 1. The van der Waals surface area contributed by atoms with Crippen molar-refractivity contribution in [3.05, 3.63) is 162 Å². The number of nitrogens with zero attached hydrogens (tertiary/aromatic N) is 3. The van der Waals surface area contributed by atoms with Gasteiger partial charge in [-0.15, -0.1) is 22.7 Å². The van der Waals surface area contributed by atoms with Crippen LogP contribution in [0.15, 0.2) is 120 Å². The molecule has 1 saturated heterocycles.